The zero-order chi connectivity index (χ0) is 13.5. The molecule has 1 aromatic rings. The molecule has 0 saturated heterocycles. The predicted octanol–water partition coefficient (Wildman–Crippen LogP) is 2.05. The largest absolute Gasteiger partial charge is 0.329 e. The third-order valence-corrected chi connectivity index (χ3v) is 2.31. The molecule has 0 aromatic heterocycles. The van der Waals surface area contributed by atoms with Crippen molar-refractivity contribution in [1.29, 1.82) is 0 Å². The van der Waals surface area contributed by atoms with E-state index in [0.717, 1.165) is 10.5 Å². The summed E-state index contributed by atoms with van der Waals surface area (Å²) in [6, 6.07) is 6.57. The summed E-state index contributed by atoms with van der Waals surface area (Å²) >= 11 is 0. The molecule has 0 saturated carbocycles. The lowest BCUT2D eigenvalue weighted by Gasteiger charge is -2.22. The van der Waals surface area contributed by atoms with Gasteiger partial charge in [0.05, 0.1) is 6.54 Å². The number of nitrogens with one attached hydrogen (secondary N) is 1. The number of carbonyl (C=O) groups excluding carboxylic acids is 1. The van der Waals surface area contributed by atoms with Crippen LogP contribution in [0.1, 0.15) is 5.56 Å². The van der Waals surface area contributed by atoms with Crippen LogP contribution in [0.5, 0.6) is 0 Å². The Morgan fingerprint density at radius 2 is 2.22 bits per heavy atom. The number of urea groups is 1. The normalized spacial score (nSPS) is 10.5. The average molecular weight is 257 g/mol. The predicted molar refractivity (Wildman–Crippen MR) is 66.8 cm³/mol. The van der Waals surface area contributed by atoms with Crippen LogP contribution in [0.15, 0.2) is 24.3 Å². The summed E-state index contributed by atoms with van der Waals surface area (Å²) in [6.45, 7) is 1.51. The van der Waals surface area contributed by atoms with Gasteiger partial charge in [0, 0.05) is 18.8 Å². The number of hydrogen-bond acceptors (Lipinski definition) is 2. The molecule has 18 heavy (non-hydrogen) atoms. The number of nitrogens with two attached hydrogens (primary N) is 1. The lowest BCUT2D eigenvalue weighted by atomic mass is 10.2. The highest BCUT2D eigenvalue weighted by molar-refractivity contribution is 5.89. The van der Waals surface area contributed by atoms with Crippen LogP contribution in [0.3, 0.4) is 0 Å². The maximum atomic E-state index is 12.3. The number of nitrogens with zero attached hydrogens (tertiary/aromatic N) is 1. The van der Waals surface area contributed by atoms with Crippen LogP contribution in [-0.2, 0) is 0 Å². The van der Waals surface area contributed by atoms with E-state index >= 15 is 0 Å². The van der Waals surface area contributed by atoms with Gasteiger partial charge < -0.3 is 16.0 Å². The van der Waals surface area contributed by atoms with Crippen molar-refractivity contribution in [3.05, 3.63) is 29.8 Å². The van der Waals surface area contributed by atoms with Crippen molar-refractivity contribution in [3.8, 4) is 0 Å². The van der Waals surface area contributed by atoms with Crippen LogP contribution in [0.2, 0.25) is 0 Å². The molecule has 0 unspecified atom stereocenters. The number of halogens is 2. The lowest BCUT2D eigenvalue weighted by molar-refractivity contribution is 0.103. The first-order chi connectivity index (χ1) is 8.52. The fourth-order valence-corrected chi connectivity index (χ4v) is 1.52. The molecule has 0 radical (unpaired) electrons. The molecule has 0 bridgehead atoms. The minimum Gasteiger partial charge on any atom is -0.329 e. The monoisotopic (exact) mass is 257 g/mol. The first-order valence-corrected chi connectivity index (χ1v) is 5.63. The van der Waals surface area contributed by atoms with Crippen LogP contribution in [0, 0.1) is 6.92 Å². The van der Waals surface area contributed by atoms with Crippen LogP contribution in [0.4, 0.5) is 19.3 Å². The second kappa shape index (κ2) is 6.90. The molecule has 0 fully saturated rings. The van der Waals surface area contributed by atoms with Crippen molar-refractivity contribution >= 4 is 11.7 Å². The zero-order valence-electron chi connectivity index (χ0n) is 10.2. The van der Waals surface area contributed by atoms with E-state index in [-0.39, 0.29) is 13.1 Å². The van der Waals surface area contributed by atoms with Gasteiger partial charge in [-0.25, -0.2) is 13.6 Å². The molecule has 4 nitrogen and oxygen atoms in total. The molecule has 0 aliphatic rings. The molecule has 0 spiro atoms. The van der Waals surface area contributed by atoms with Gasteiger partial charge in [0.15, 0.2) is 0 Å². The summed E-state index contributed by atoms with van der Waals surface area (Å²) in [5.74, 6) is 0. The third kappa shape index (κ3) is 4.67. The summed E-state index contributed by atoms with van der Waals surface area (Å²) in [4.78, 5) is 12.8. The van der Waals surface area contributed by atoms with Crippen molar-refractivity contribution in [3.63, 3.8) is 0 Å². The number of aryl methyl sites for hydroxylation is 1. The fraction of sp³-hybridized carbons (Fsp3) is 0.417. The van der Waals surface area contributed by atoms with Crippen molar-refractivity contribution in [2.75, 3.05) is 25.0 Å². The molecule has 3 N–H and O–H groups in total. The molecule has 100 valence electrons. The summed E-state index contributed by atoms with van der Waals surface area (Å²) in [6.07, 6.45) is -2.57. The highest BCUT2D eigenvalue weighted by Crippen LogP contribution is 2.11. The second-order valence-corrected chi connectivity index (χ2v) is 3.93. The number of amides is 2. The van der Waals surface area contributed by atoms with Gasteiger partial charge >= 0.3 is 6.03 Å². The summed E-state index contributed by atoms with van der Waals surface area (Å²) in [5.41, 5.74) is 6.85. The maximum Gasteiger partial charge on any atom is 0.322 e. The zero-order valence-corrected chi connectivity index (χ0v) is 10.2. The van der Waals surface area contributed by atoms with E-state index in [1.807, 2.05) is 13.0 Å². The highest BCUT2D eigenvalue weighted by Gasteiger charge is 2.17. The molecule has 0 aliphatic heterocycles. The van der Waals surface area contributed by atoms with Gasteiger partial charge in [0.25, 0.3) is 6.43 Å². The van der Waals surface area contributed by atoms with E-state index in [9.17, 15) is 13.6 Å². The molecule has 2 amide bonds. The van der Waals surface area contributed by atoms with E-state index in [0.29, 0.717) is 5.69 Å². The Labute approximate surface area is 105 Å². The Hall–Kier alpha value is -1.69. The molecular formula is C12H17F2N3O. The van der Waals surface area contributed by atoms with Gasteiger partial charge in [-0.05, 0) is 24.6 Å². The summed E-state index contributed by atoms with van der Waals surface area (Å²) in [5, 5.41) is 2.57. The van der Waals surface area contributed by atoms with E-state index < -0.39 is 19.0 Å². The van der Waals surface area contributed by atoms with Crippen LogP contribution in [-0.4, -0.2) is 37.0 Å². The Morgan fingerprint density at radius 1 is 1.50 bits per heavy atom. The quantitative estimate of drug-likeness (QED) is 0.848. The van der Waals surface area contributed by atoms with Crippen LogP contribution < -0.4 is 11.1 Å². The van der Waals surface area contributed by atoms with E-state index in [2.05, 4.69) is 5.32 Å². The van der Waals surface area contributed by atoms with Gasteiger partial charge in [-0.1, -0.05) is 12.1 Å². The Balaban J connectivity index is 2.66. The Morgan fingerprint density at radius 3 is 2.78 bits per heavy atom. The van der Waals surface area contributed by atoms with Gasteiger partial charge in [-0.3, -0.25) is 0 Å². The highest BCUT2D eigenvalue weighted by atomic mass is 19.3. The van der Waals surface area contributed by atoms with E-state index in [4.69, 9.17) is 5.73 Å². The van der Waals surface area contributed by atoms with Gasteiger partial charge in [-0.2, -0.15) is 0 Å². The van der Waals surface area contributed by atoms with Crippen molar-refractivity contribution in [1.82, 2.24) is 4.90 Å². The first-order valence-electron chi connectivity index (χ1n) is 5.63. The minimum absolute atomic E-state index is 0.0992. The number of carbonyl (C=O) groups is 1. The molecule has 1 aromatic carbocycles. The molecular weight excluding hydrogens is 240 g/mol. The smallest absolute Gasteiger partial charge is 0.322 e. The lowest BCUT2D eigenvalue weighted by Crippen LogP contribution is -2.41. The standard InChI is InChI=1S/C12H17F2N3O/c1-9-3-2-4-10(7-9)16-12(18)17(6-5-15)8-11(13)14/h2-4,7,11H,5-6,8,15H2,1H3,(H,16,18). The number of hydrogen-bond donors (Lipinski definition) is 2. The molecule has 6 heteroatoms. The van der Waals surface area contributed by atoms with Gasteiger partial charge in [-0.15, -0.1) is 0 Å². The number of anilines is 1. The maximum absolute atomic E-state index is 12.3. The van der Waals surface area contributed by atoms with E-state index in [1.165, 1.54) is 0 Å². The van der Waals surface area contributed by atoms with Crippen molar-refractivity contribution < 1.29 is 13.6 Å². The SMILES string of the molecule is Cc1cccc(NC(=O)N(CCN)CC(F)F)c1. The van der Waals surface area contributed by atoms with Crippen LogP contribution >= 0.6 is 0 Å². The van der Waals surface area contributed by atoms with Gasteiger partial charge in [0.2, 0.25) is 0 Å². The molecule has 1 rings (SSSR count). The second-order valence-electron chi connectivity index (χ2n) is 3.93. The first kappa shape index (κ1) is 14.4. The van der Waals surface area contributed by atoms with Crippen molar-refractivity contribution in [2.45, 2.75) is 13.3 Å². The number of alkyl halides is 2. The Bertz CT molecular complexity index is 399. The third-order valence-electron chi connectivity index (χ3n) is 2.31. The van der Waals surface area contributed by atoms with Crippen molar-refractivity contribution in [2.24, 2.45) is 5.73 Å². The molecule has 0 heterocycles. The number of rotatable bonds is 5. The Kier molecular flexibility index (Phi) is 5.51. The van der Waals surface area contributed by atoms with Gasteiger partial charge in [0.1, 0.15) is 0 Å². The van der Waals surface area contributed by atoms with E-state index in [1.54, 1.807) is 18.2 Å². The topological polar surface area (TPSA) is 58.4 Å². The molecule has 0 atom stereocenters. The fourth-order valence-electron chi connectivity index (χ4n) is 1.52. The summed E-state index contributed by atoms with van der Waals surface area (Å²) < 4.78 is 24.6. The minimum atomic E-state index is -2.57. The summed E-state index contributed by atoms with van der Waals surface area (Å²) in [7, 11) is 0. The van der Waals surface area contributed by atoms with Crippen LogP contribution in [0.25, 0.3) is 0 Å². The number of benzene rings is 1. The average Bonchev–Trinajstić information content (AvgIpc) is 2.27. The molecule has 0 aliphatic carbocycles.